The van der Waals surface area contributed by atoms with Gasteiger partial charge in [0.05, 0.1) is 5.58 Å². The number of furan rings is 1. The molecule has 0 spiro atoms. The van der Waals surface area contributed by atoms with Crippen LogP contribution in [0, 0.1) is 39.5 Å². The summed E-state index contributed by atoms with van der Waals surface area (Å²) in [6, 6.07) is 38.8. The van der Waals surface area contributed by atoms with Gasteiger partial charge in [0.1, 0.15) is 5.58 Å². The van der Waals surface area contributed by atoms with Crippen LogP contribution in [0.2, 0.25) is 0 Å². The topological polar surface area (TPSA) is 38.9 Å². The number of nitrogens with zero attached hydrogens (tertiary/aromatic N) is 2. The molecule has 5 aromatic carbocycles. The second-order valence-electron chi connectivity index (χ2n) is 15.8. The molecule has 0 saturated heterocycles. The minimum Gasteiger partial charge on any atom is -0.500 e. The van der Waals surface area contributed by atoms with Gasteiger partial charge in [0.2, 0.25) is 0 Å². The van der Waals surface area contributed by atoms with Gasteiger partial charge in [-0.15, -0.1) is 53.6 Å². The van der Waals surface area contributed by atoms with Crippen molar-refractivity contribution >= 4 is 21.9 Å². The van der Waals surface area contributed by atoms with E-state index in [-0.39, 0.29) is 53.2 Å². The van der Waals surface area contributed by atoms with E-state index in [0.717, 1.165) is 22.1 Å². The van der Waals surface area contributed by atoms with Crippen LogP contribution in [0.1, 0.15) is 91.4 Å². The summed E-state index contributed by atoms with van der Waals surface area (Å²) >= 11 is 0. The molecule has 8 rings (SSSR count). The van der Waals surface area contributed by atoms with Crippen molar-refractivity contribution in [3.8, 4) is 44.8 Å². The van der Waals surface area contributed by atoms with Gasteiger partial charge in [0.25, 0.3) is 0 Å². The molecule has 3 heterocycles. The summed E-state index contributed by atoms with van der Waals surface area (Å²) in [7, 11) is 0. The molecular formula is C52H50IrN2O-2. The zero-order chi connectivity index (χ0) is 49.1. The van der Waals surface area contributed by atoms with E-state index in [1.807, 2.05) is 18.2 Å². The predicted molar refractivity (Wildman–Crippen MR) is 232 cm³/mol. The second-order valence-corrected chi connectivity index (χ2v) is 15.8. The van der Waals surface area contributed by atoms with E-state index in [0.29, 0.717) is 44.6 Å². The molecule has 1 radical (unpaired) electrons. The first-order chi connectivity index (χ1) is 31.0. The molecule has 285 valence electrons. The Balaban J connectivity index is 0.000000304. The predicted octanol–water partition coefficient (Wildman–Crippen LogP) is 14.2. The summed E-state index contributed by atoms with van der Waals surface area (Å²) in [6.45, 7) is 4.36. The van der Waals surface area contributed by atoms with E-state index in [2.05, 4.69) is 94.0 Å². The molecule has 0 aliphatic heterocycles. The molecule has 0 saturated carbocycles. The molecular weight excluding hydrogens is 861 g/mol. The van der Waals surface area contributed by atoms with Gasteiger partial charge < -0.3 is 14.4 Å². The summed E-state index contributed by atoms with van der Waals surface area (Å²) in [6.07, 6.45) is 2.65. The van der Waals surface area contributed by atoms with E-state index in [9.17, 15) is 0 Å². The summed E-state index contributed by atoms with van der Waals surface area (Å²) in [4.78, 5) is 8.50. The number of hydrogen-bond acceptors (Lipinski definition) is 3. The molecule has 0 amide bonds. The van der Waals surface area contributed by atoms with Crippen molar-refractivity contribution in [3.05, 3.63) is 167 Å². The molecule has 0 N–H and O–H groups in total. The fourth-order valence-corrected chi connectivity index (χ4v) is 6.45. The first-order valence-electron chi connectivity index (χ1n) is 24.1. The zero-order valence-electron chi connectivity index (χ0n) is 44.2. The van der Waals surface area contributed by atoms with Crippen LogP contribution < -0.4 is 0 Å². The molecule has 0 fully saturated rings. The average Bonchev–Trinajstić information content (AvgIpc) is 3.64. The fourth-order valence-electron chi connectivity index (χ4n) is 6.45. The van der Waals surface area contributed by atoms with Gasteiger partial charge in [-0.2, -0.15) is 0 Å². The molecule has 0 bridgehead atoms. The van der Waals surface area contributed by atoms with E-state index < -0.39 is 27.4 Å². The van der Waals surface area contributed by atoms with Crippen LogP contribution in [0.3, 0.4) is 0 Å². The van der Waals surface area contributed by atoms with Crippen molar-refractivity contribution in [2.45, 2.75) is 79.8 Å². The normalized spacial score (nSPS) is 15.7. The number of hydrogen-bond donors (Lipinski definition) is 0. The van der Waals surface area contributed by atoms with Crippen LogP contribution in [0.25, 0.3) is 66.7 Å². The van der Waals surface area contributed by atoms with Gasteiger partial charge in [0, 0.05) is 59.9 Å². The van der Waals surface area contributed by atoms with Crippen LogP contribution in [0.15, 0.2) is 126 Å². The second kappa shape index (κ2) is 16.1. The maximum absolute atomic E-state index is 8.30. The van der Waals surface area contributed by atoms with Crippen molar-refractivity contribution in [1.29, 1.82) is 0 Å². The van der Waals surface area contributed by atoms with Gasteiger partial charge in [-0.05, 0) is 105 Å². The number of aromatic nitrogens is 2. The molecule has 0 aliphatic rings. The van der Waals surface area contributed by atoms with Crippen LogP contribution in [0.4, 0.5) is 0 Å². The maximum Gasteiger partial charge on any atom is 0.128 e. The smallest absolute Gasteiger partial charge is 0.128 e. The Labute approximate surface area is 363 Å². The summed E-state index contributed by atoms with van der Waals surface area (Å²) in [5.74, 6) is 0. The Morgan fingerprint density at radius 3 is 1.79 bits per heavy atom. The number of benzene rings is 5. The van der Waals surface area contributed by atoms with Crippen LogP contribution in [-0.4, -0.2) is 9.97 Å². The van der Waals surface area contributed by atoms with E-state index >= 15 is 0 Å². The first-order valence-corrected chi connectivity index (χ1v) is 18.1. The summed E-state index contributed by atoms with van der Waals surface area (Å²) in [5, 5.41) is 1.40. The van der Waals surface area contributed by atoms with Gasteiger partial charge in [-0.25, -0.2) is 0 Å². The van der Waals surface area contributed by atoms with Crippen LogP contribution >= 0.6 is 0 Å². The monoisotopic (exact) mass is 923 g/mol. The van der Waals surface area contributed by atoms with Crippen molar-refractivity contribution in [2.75, 3.05) is 0 Å². The van der Waals surface area contributed by atoms with Crippen LogP contribution in [0.5, 0.6) is 0 Å². The number of aryl methyl sites for hydroxylation is 4. The quantitative estimate of drug-likeness (QED) is 0.165. The average molecular weight is 923 g/mol. The third-order valence-electron chi connectivity index (χ3n) is 9.58. The Morgan fingerprint density at radius 2 is 1.20 bits per heavy atom. The molecule has 56 heavy (non-hydrogen) atoms. The third-order valence-corrected chi connectivity index (χ3v) is 9.58. The van der Waals surface area contributed by atoms with Crippen LogP contribution in [-0.2, 0) is 30.9 Å². The van der Waals surface area contributed by atoms with Gasteiger partial charge in [0.15, 0.2) is 0 Å². The van der Waals surface area contributed by atoms with Gasteiger partial charge in [-0.1, -0.05) is 120 Å². The standard InChI is InChI=1S/C39H38NO.C13H12N.Ir/c1-24-15-16-35(40-23-24)32-14-10-13-31-34-18-25(2)17-33(37(34)41-36(31)32)27-12-9-11-26(19-27)28-20-29(38(3,4)5)22-30(21-28)39(6,7)8;1-10-3-6-12(7-4-10)13-8-5-11(2)9-14-13;/h9-13,15-23H,1-8H3;3-6,8-9H,1-2H3;/q2*-1;/i2*1D3,2D3;. The van der Waals surface area contributed by atoms with E-state index in [1.165, 1.54) is 47.8 Å². The first kappa shape index (κ1) is 27.4. The number of fused-ring (bicyclic) bond motifs is 3. The molecule has 3 nitrogen and oxygen atoms in total. The molecule has 0 unspecified atom stereocenters. The minimum absolute atomic E-state index is 0. The van der Waals surface area contributed by atoms with Crippen molar-refractivity contribution < 1.29 is 41.0 Å². The van der Waals surface area contributed by atoms with Crippen molar-refractivity contribution in [2.24, 2.45) is 0 Å². The van der Waals surface area contributed by atoms with Crippen molar-refractivity contribution in [1.82, 2.24) is 9.97 Å². The number of pyridine rings is 2. The largest absolute Gasteiger partial charge is 0.500 e. The zero-order valence-corrected chi connectivity index (χ0v) is 34.6. The van der Waals surface area contributed by atoms with Crippen molar-refractivity contribution in [3.63, 3.8) is 0 Å². The van der Waals surface area contributed by atoms with E-state index in [1.54, 1.807) is 36.4 Å². The molecule has 8 aromatic rings. The summed E-state index contributed by atoms with van der Waals surface area (Å²) in [5.41, 5.74) is 10.1. The Bertz CT molecular complexity index is 2970. The van der Waals surface area contributed by atoms with E-state index in [4.69, 9.17) is 20.9 Å². The Kier molecular flexibility index (Phi) is 7.91. The maximum atomic E-state index is 8.30. The minimum atomic E-state index is -2.34. The molecule has 3 aromatic heterocycles. The fraction of sp³-hybridized carbons (Fsp3) is 0.231. The molecule has 0 atom stereocenters. The summed E-state index contributed by atoms with van der Waals surface area (Å²) < 4.78 is 98.2. The Morgan fingerprint density at radius 1 is 0.554 bits per heavy atom. The number of rotatable bonds is 4. The SMILES string of the molecule is [2H]C([2H])([2H])c1c[c-]c(-c2ccc(C([2H])([2H])[2H])cn2)cc1.[2H]C([2H])([2H])c1ccc(-c2[c-]ccc3c2oc2c(-c4cccc(-c5cc(C(C)(C)C)cc(C(C)(C)C)c5)c4)cc(C([2H])([2H])[2H])cc23)nc1.[Ir]. The Hall–Kier alpha value is -5.15. The van der Waals surface area contributed by atoms with Gasteiger partial charge >= 0.3 is 0 Å². The molecule has 0 aliphatic carbocycles. The van der Waals surface area contributed by atoms with Gasteiger partial charge in [-0.3, -0.25) is 0 Å². The molecule has 4 heteroatoms. The third kappa shape index (κ3) is 8.78.